The van der Waals surface area contributed by atoms with Gasteiger partial charge in [0.15, 0.2) is 29.3 Å². The van der Waals surface area contributed by atoms with Crippen LogP contribution in [0.2, 0.25) is 0 Å². The van der Waals surface area contributed by atoms with Gasteiger partial charge < -0.3 is 15.2 Å². The summed E-state index contributed by atoms with van der Waals surface area (Å²) >= 11 is 0. The second-order valence-corrected chi connectivity index (χ2v) is 8.45. The molecule has 2 aliphatic heterocycles. The number of imidazole rings is 1. The fourth-order valence-corrected chi connectivity index (χ4v) is 4.53. The first-order chi connectivity index (χ1) is 14.4. The first-order valence-corrected chi connectivity index (χ1v) is 10.7. The molecule has 2 radical (unpaired) electrons. The first kappa shape index (κ1) is 19.5. The lowest BCUT2D eigenvalue weighted by Gasteiger charge is -2.27. The third-order valence-electron chi connectivity index (χ3n) is 4.91. The average Bonchev–Trinajstić information content (AvgIpc) is 3.30. The topological polar surface area (TPSA) is 141 Å². The molecule has 0 spiro atoms. The minimum absolute atomic E-state index is 0.0149. The number of nitrogens with zero attached hydrogens (tertiary/aromatic N) is 4. The van der Waals surface area contributed by atoms with Crippen LogP contribution >= 0.6 is 7.82 Å². The molecule has 0 saturated carbocycles. The van der Waals surface area contributed by atoms with Gasteiger partial charge in [0.05, 0.1) is 6.33 Å². The summed E-state index contributed by atoms with van der Waals surface area (Å²) in [6, 6.07) is 8.69. The smallest absolute Gasteiger partial charge is 0.385 e. The molecule has 1 aromatic carbocycles. The summed E-state index contributed by atoms with van der Waals surface area (Å²) in [5.41, 5.74) is 1.14. The van der Waals surface area contributed by atoms with Crippen LogP contribution in [0.4, 0.5) is 5.82 Å². The van der Waals surface area contributed by atoms with Crippen molar-refractivity contribution in [3.05, 3.63) is 48.5 Å². The minimum atomic E-state index is -3.49. The molecule has 2 saturated heterocycles. The first-order valence-electron chi connectivity index (χ1n) is 9.04. The Hall–Kier alpha value is -2.47. The van der Waals surface area contributed by atoms with Crippen LogP contribution < -0.4 is 5.32 Å². The van der Waals surface area contributed by atoms with Gasteiger partial charge in [0.25, 0.3) is 5.91 Å². The van der Waals surface area contributed by atoms with Gasteiger partial charge >= 0.3 is 15.4 Å². The number of benzene rings is 1. The number of amides is 1. The molecule has 152 valence electrons. The van der Waals surface area contributed by atoms with Crippen molar-refractivity contribution in [3.8, 4) is 0 Å². The Kier molecular flexibility index (Phi) is 4.77. The van der Waals surface area contributed by atoms with E-state index in [0.717, 1.165) is 0 Å². The van der Waals surface area contributed by atoms with Crippen LogP contribution in [-0.4, -0.2) is 67.9 Å². The Labute approximate surface area is 172 Å². The number of carbonyl (C=O) groups is 1. The van der Waals surface area contributed by atoms with Crippen LogP contribution in [0.25, 0.3) is 11.2 Å². The van der Waals surface area contributed by atoms with Crippen LogP contribution in [-0.2, 0) is 13.8 Å². The molecule has 2 fully saturated rings. The maximum absolute atomic E-state index is 12.5. The quantitative estimate of drug-likeness (QED) is 0.404. The van der Waals surface area contributed by atoms with E-state index in [9.17, 15) is 14.8 Å². The zero-order valence-corrected chi connectivity index (χ0v) is 16.3. The van der Waals surface area contributed by atoms with Gasteiger partial charge in [-0.1, -0.05) is 18.2 Å². The second-order valence-electron chi connectivity index (χ2n) is 6.85. The maximum Gasteiger partial charge on any atom is 0.488 e. The summed E-state index contributed by atoms with van der Waals surface area (Å²) in [5.74, 6) is -0.121. The van der Waals surface area contributed by atoms with Crippen LogP contribution in [0.1, 0.15) is 16.6 Å². The number of hydrogen-bond donors (Lipinski definition) is 3. The second kappa shape index (κ2) is 7.34. The summed E-state index contributed by atoms with van der Waals surface area (Å²) < 4.78 is 17.7. The molecule has 5 atom stereocenters. The Morgan fingerprint density at radius 2 is 2.07 bits per heavy atom. The summed E-state index contributed by atoms with van der Waals surface area (Å²) in [5, 5.41) is 13.4. The van der Waals surface area contributed by atoms with Crippen molar-refractivity contribution in [1.82, 2.24) is 19.5 Å². The number of ether oxygens (including phenoxy) is 1. The van der Waals surface area contributed by atoms with E-state index in [1.807, 2.05) is 6.07 Å². The largest absolute Gasteiger partial charge is 0.488 e. The molecule has 0 aliphatic carbocycles. The van der Waals surface area contributed by atoms with Crippen molar-refractivity contribution in [2.75, 3.05) is 11.9 Å². The van der Waals surface area contributed by atoms with Crippen molar-refractivity contribution >= 4 is 38.3 Å². The zero-order valence-electron chi connectivity index (χ0n) is 15.4. The Balaban J connectivity index is 1.43. The highest BCUT2D eigenvalue weighted by molar-refractivity contribution is 7.85. The highest BCUT2D eigenvalue weighted by Crippen LogP contribution is 2.58. The molecule has 1 unspecified atom stereocenters. The van der Waals surface area contributed by atoms with Gasteiger partial charge in [-0.25, -0.2) is 19.8 Å². The number of aliphatic hydroxyl groups excluding tert-OH is 1. The molecule has 3 aromatic rings. The van der Waals surface area contributed by atoms with Crippen molar-refractivity contribution in [2.24, 2.45) is 0 Å². The average molecular weight is 428 g/mol. The predicted octanol–water partition coefficient (Wildman–Crippen LogP) is 0.591. The SMILES string of the molecule is [B][P+]1(O)OC[C@H]2O[C@@H](n3cnc4c(NC(=O)c5ccccc5)ncnc43)[C@@H](O)[C@H]2O1. The lowest BCUT2D eigenvalue weighted by Crippen LogP contribution is -2.40. The van der Waals surface area contributed by atoms with E-state index in [1.54, 1.807) is 24.3 Å². The summed E-state index contributed by atoms with van der Waals surface area (Å²) in [4.78, 5) is 34.9. The fourth-order valence-electron chi connectivity index (χ4n) is 3.50. The number of rotatable bonds is 3. The summed E-state index contributed by atoms with van der Waals surface area (Å²) in [7, 11) is 2.05. The maximum atomic E-state index is 12.5. The van der Waals surface area contributed by atoms with E-state index < -0.39 is 32.4 Å². The summed E-state index contributed by atoms with van der Waals surface area (Å²) in [6.45, 7) is -0.0149. The molecule has 13 heteroatoms. The number of hydrogen-bond acceptors (Lipinski definition) is 9. The van der Waals surface area contributed by atoms with Crippen molar-refractivity contribution < 1.29 is 28.6 Å². The Morgan fingerprint density at radius 3 is 2.87 bits per heavy atom. The van der Waals surface area contributed by atoms with Gasteiger partial charge in [-0.05, 0) is 12.1 Å². The molecule has 1 amide bonds. The monoisotopic (exact) mass is 428 g/mol. The van der Waals surface area contributed by atoms with E-state index in [0.29, 0.717) is 16.7 Å². The molecule has 2 aliphatic rings. The van der Waals surface area contributed by atoms with E-state index in [1.165, 1.54) is 17.2 Å². The zero-order chi connectivity index (χ0) is 20.9. The number of anilines is 1. The van der Waals surface area contributed by atoms with Crippen LogP contribution in [0.3, 0.4) is 0 Å². The standard InChI is InChI=1S/C17H16BN5O6P/c18-30(26)27-6-10-13(29-30)12(24)17(28-10)23-8-21-11-14(19-7-20-15(11)23)22-16(25)9-4-2-1-3-5-9/h1-5,7-8,10,12-13,17,24,26H,6H2,(H,19,20,22,25)/q+1/t10-,12+,13+,17-,30?/m1/s1. The van der Waals surface area contributed by atoms with E-state index in [2.05, 4.69) is 20.3 Å². The number of aliphatic hydroxyl groups is 1. The van der Waals surface area contributed by atoms with Gasteiger partial charge in [-0.2, -0.15) is 9.05 Å². The lowest BCUT2D eigenvalue weighted by atomic mass is 10.1. The molecule has 3 N–H and O–H groups in total. The lowest BCUT2D eigenvalue weighted by molar-refractivity contribution is -0.0603. The van der Waals surface area contributed by atoms with Crippen LogP contribution in [0.5, 0.6) is 0 Å². The number of carbonyl (C=O) groups excluding carboxylic acids is 1. The van der Waals surface area contributed by atoms with Crippen molar-refractivity contribution in [2.45, 2.75) is 24.5 Å². The Bertz CT molecular complexity index is 1100. The molecule has 2 aromatic heterocycles. The predicted molar refractivity (Wildman–Crippen MR) is 105 cm³/mol. The Morgan fingerprint density at radius 1 is 1.27 bits per heavy atom. The molecular formula is C17H16BN5O6P+. The minimum Gasteiger partial charge on any atom is -0.385 e. The number of aromatic nitrogens is 4. The summed E-state index contributed by atoms with van der Waals surface area (Å²) in [6.07, 6.45) is -0.830. The van der Waals surface area contributed by atoms with E-state index in [-0.39, 0.29) is 18.3 Å². The fraction of sp³-hybridized carbons (Fsp3) is 0.294. The number of fused-ring (bicyclic) bond motifs is 2. The van der Waals surface area contributed by atoms with Crippen molar-refractivity contribution in [1.29, 1.82) is 0 Å². The van der Waals surface area contributed by atoms with Crippen LogP contribution in [0.15, 0.2) is 43.0 Å². The molecule has 0 bridgehead atoms. The van der Waals surface area contributed by atoms with Crippen molar-refractivity contribution in [3.63, 3.8) is 0 Å². The number of nitrogens with one attached hydrogen (secondary N) is 1. The third kappa shape index (κ3) is 3.37. The normalized spacial score (nSPS) is 30.9. The van der Waals surface area contributed by atoms with Gasteiger partial charge in [-0.3, -0.25) is 9.36 Å². The van der Waals surface area contributed by atoms with Gasteiger partial charge in [0, 0.05) is 5.56 Å². The van der Waals surface area contributed by atoms with Crippen LogP contribution in [0, 0.1) is 0 Å². The van der Waals surface area contributed by atoms with Gasteiger partial charge in [-0.15, -0.1) is 0 Å². The molecule has 5 rings (SSSR count). The molecule has 4 heterocycles. The van der Waals surface area contributed by atoms with E-state index in [4.69, 9.17) is 21.4 Å². The highest BCUT2D eigenvalue weighted by Gasteiger charge is 2.57. The molecule has 11 nitrogen and oxygen atoms in total. The molecule has 30 heavy (non-hydrogen) atoms. The van der Waals surface area contributed by atoms with Gasteiger partial charge in [0.1, 0.15) is 25.1 Å². The highest BCUT2D eigenvalue weighted by atomic mass is 31.2. The van der Waals surface area contributed by atoms with E-state index >= 15 is 0 Å². The third-order valence-corrected chi connectivity index (χ3v) is 5.97. The molecular weight excluding hydrogens is 412 g/mol. The van der Waals surface area contributed by atoms with Gasteiger partial charge in [0.2, 0.25) is 0 Å².